The van der Waals surface area contributed by atoms with Crippen molar-refractivity contribution in [1.82, 2.24) is 0 Å². The van der Waals surface area contributed by atoms with E-state index in [-0.39, 0.29) is 12.5 Å². The summed E-state index contributed by atoms with van der Waals surface area (Å²) in [6.07, 6.45) is 10.2. The van der Waals surface area contributed by atoms with Gasteiger partial charge in [0, 0.05) is 12.8 Å². The lowest BCUT2D eigenvalue weighted by Crippen LogP contribution is -2.24. The summed E-state index contributed by atoms with van der Waals surface area (Å²) in [5, 5.41) is 38.7. The van der Waals surface area contributed by atoms with E-state index in [0.29, 0.717) is 32.1 Å². The molecule has 1 heterocycles. The highest BCUT2D eigenvalue weighted by atomic mass is 16.5. The maximum absolute atomic E-state index is 10.4. The van der Waals surface area contributed by atoms with Crippen LogP contribution in [0.3, 0.4) is 0 Å². The fourth-order valence-electron chi connectivity index (χ4n) is 2.98. The third kappa shape index (κ3) is 9.48. The number of aliphatic carboxylic acids is 1. The molecule has 0 bridgehead atoms. The SMILES string of the molecule is CCCCC[C@@H](O)/C=C/[C@H](O)[C@H]1C[C@H](O)[C@H](C/C=C\CCCC(=O)O)O1. The van der Waals surface area contributed by atoms with Gasteiger partial charge in [0.1, 0.15) is 0 Å². The molecule has 1 fully saturated rings. The Hall–Kier alpha value is -1.21. The molecule has 0 radical (unpaired) electrons. The summed E-state index contributed by atoms with van der Waals surface area (Å²) in [7, 11) is 0. The van der Waals surface area contributed by atoms with Crippen LogP contribution in [0.4, 0.5) is 0 Å². The number of aliphatic hydroxyl groups is 3. The minimum absolute atomic E-state index is 0.151. The third-order valence-electron chi connectivity index (χ3n) is 4.56. The second kappa shape index (κ2) is 13.0. The second-order valence-electron chi connectivity index (χ2n) is 6.95. The van der Waals surface area contributed by atoms with Crippen molar-refractivity contribution in [3.63, 3.8) is 0 Å². The first kappa shape index (κ1) is 22.8. The number of hydrogen-bond donors (Lipinski definition) is 4. The average molecular weight is 370 g/mol. The molecule has 0 amide bonds. The van der Waals surface area contributed by atoms with Crippen LogP contribution < -0.4 is 0 Å². The van der Waals surface area contributed by atoms with Crippen molar-refractivity contribution in [1.29, 1.82) is 0 Å². The van der Waals surface area contributed by atoms with Crippen LogP contribution in [0.1, 0.15) is 64.7 Å². The predicted molar refractivity (Wildman–Crippen MR) is 99.8 cm³/mol. The Bertz CT molecular complexity index is 448. The lowest BCUT2D eigenvalue weighted by Gasteiger charge is -2.16. The van der Waals surface area contributed by atoms with Gasteiger partial charge in [-0.1, -0.05) is 50.5 Å². The van der Waals surface area contributed by atoms with Crippen molar-refractivity contribution in [3.05, 3.63) is 24.3 Å². The molecule has 1 rings (SSSR count). The Morgan fingerprint density at radius 1 is 1.19 bits per heavy atom. The van der Waals surface area contributed by atoms with Crippen LogP contribution in [-0.2, 0) is 9.53 Å². The van der Waals surface area contributed by atoms with Crippen LogP contribution in [0, 0.1) is 0 Å². The molecule has 0 aromatic heterocycles. The topological polar surface area (TPSA) is 107 Å². The van der Waals surface area contributed by atoms with Gasteiger partial charge in [0.15, 0.2) is 0 Å². The number of allylic oxidation sites excluding steroid dienone is 1. The minimum Gasteiger partial charge on any atom is -0.481 e. The standard InChI is InChI=1S/C20H34O6/c1-2-3-6-9-15(21)12-13-16(22)19-14-17(23)18(26-19)10-7-4-5-8-11-20(24)25/h4,7,12-13,15-19,21-23H,2-3,5-6,8-11,14H2,1H3,(H,24,25)/b7-4-,13-12+/t15-,16+,17+,18+,19-/m1/s1. The van der Waals surface area contributed by atoms with Crippen molar-refractivity contribution < 1.29 is 30.0 Å². The average Bonchev–Trinajstić information content (AvgIpc) is 2.97. The van der Waals surface area contributed by atoms with E-state index in [1.165, 1.54) is 0 Å². The van der Waals surface area contributed by atoms with E-state index >= 15 is 0 Å². The van der Waals surface area contributed by atoms with Crippen LogP contribution >= 0.6 is 0 Å². The zero-order chi connectivity index (χ0) is 19.4. The predicted octanol–water partition coefficient (Wildman–Crippen LogP) is 2.56. The van der Waals surface area contributed by atoms with Crippen molar-refractivity contribution in [3.8, 4) is 0 Å². The van der Waals surface area contributed by atoms with Crippen molar-refractivity contribution in [2.24, 2.45) is 0 Å². The number of carbonyl (C=O) groups is 1. The Kier molecular flexibility index (Phi) is 11.4. The normalized spacial score (nSPS) is 25.9. The number of unbranched alkanes of at least 4 members (excludes halogenated alkanes) is 3. The van der Waals surface area contributed by atoms with Gasteiger partial charge < -0.3 is 25.2 Å². The van der Waals surface area contributed by atoms with Gasteiger partial charge in [0.25, 0.3) is 0 Å². The minimum atomic E-state index is -0.852. The van der Waals surface area contributed by atoms with Crippen LogP contribution in [0.2, 0.25) is 0 Å². The van der Waals surface area contributed by atoms with Gasteiger partial charge in [-0.25, -0.2) is 0 Å². The van der Waals surface area contributed by atoms with Crippen molar-refractivity contribution in [2.45, 2.75) is 95.2 Å². The molecule has 6 nitrogen and oxygen atoms in total. The summed E-state index contributed by atoms with van der Waals surface area (Å²) in [5.41, 5.74) is 0. The lowest BCUT2D eigenvalue weighted by atomic mass is 10.0. The molecule has 5 atom stereocenters. The molecule has 26 heavy (non-hydrogen) atoms. The molecular formula is C20H34O6. The van der Waals surface area contributed by atoms with Crippen LogP contribution in [0.5, 0.6) is 0 Å². The first-order valence-electron chi connectivity index (χ1n) is 9.68. The molecule has 0 saturated carbocycles. The van der Waals surface area contributed by atoms with E-state index in [2.05, 4.69) is 6.92 Å². The van der Waals surface area contributed by atoms with Crippen LogP contribution in [0.15, 0.2) is 24.3 Å². The summed E-state index contributed by atoms with van der Waals surface area (Å²) in [6.45, 7) is 2.11. The van der Waals surface area contributed by atoms with E-state index in [1.807, 2.05) is 12.2 Å². The van der Waals surface area contributed by atoms with Gasteiger partial charge in [0.05, 0.1) is 30.5 Å². The fourth-order valence-corrected chi connectivity index (χ4v) is 2.98. The molecule has 0 spiro atoms. The first-order chi connectivity index (χ1) is 12.4. The Morgan fingerprint density at radius 3 is 2.65 bits per heavy atom. The molecule has 0 aliphatic carbocycles. The van der Waals surface area contributed by atoms with Gasteiger partial charge in [-0.15, -0.1) is 0 Å². The van der Waals surface area contributed by atoms with Gasteiger partial charge in [-0.3, -0.25) is 4.79 Å². The molecule has 0 aromatic carbocycles. The Balaban J connectivity index is 2.30. The number of hydrogen-bond acceptors (Lipinski definition) is 5. The maximum atomic E-state index is 10.4. The highest BCUT2D eigenvalue weighted by Gasteiger charge is 2.36. The van der Waals surface area contributed by atoms with Crippen molar-refractivity contribution >= 4 is 5.97 Å². The number of aliphatic hydroxyl groups excluding tert-OH is 3. The highest BCUT2D eigenvalue weighted by Crippen LogP contribution is 2.26. The van der Waals surface area contributed by atoms with Gasteiger partial charge in [-0.2, -0.15) is 0 Å². The fraction of sp³-hybridized carbons (Fsp3) is 0.750. The largest absolute Gasteiger partial charge is 0.481 e. The van der Waals surface area contributed by atoms with Crippen molar-refractivity contribution in [2.75, 3.05) is 0 Å². The molecular weight excluding hydrogens is 336 g/mol. The smallest absolute Gasteiger partial charge is 0.303 e. The third-order valence-corrected chi connectivity index (χ3v) is 4.56. The molecule has 0 aromatic rings. The molecule has 4 N–H and O–H groups in total. The zero-order valence-electron chi connectivity index (χ0n) is 15.7. The number of ether oxygens (including phenoxy) is 1. The molecule has 6 heteroatoms. The first-order valence-corrected chi connectivity index (χ1v) is 9.68. The molecule has 1 saturated heterocycles. The van der Waals surface area contributed by atoms with Crippen LogP contribution in [0.25, 0.3) is 0 Å². The molecule has 0 unspecified atom stereocenters. The maximum Gasteiger partial charge on any atom is 0.303 e. The Labute approximate surface area is 156 Å². The summed E-state index contributed by atoms with van der Waals surface area (Å²) >= 11 is 0. The number of carboxylic acids is 1. The van der Waals surface area contributed by atoms with E-state index in [4.69, 9.17) is 9.84 Å². The highest BCUT2D eigenvalue weighted by molar-refractivity contribution is 5.66. The molecule has 150 valence electrons. The number of carboxylic acid groups (broad SMARTS) is 1. The summed E-state index contributed by atoms with van der Waals surface area (Å²) < 4.78 is 5.73. The van der Waals surface area contributed by atoms with E-state index in [1.54, 1.807) is 12.2 Å². The van der Waals surface area contributed by atoms with Crippen LogP contribution in [-0.4, -0.2) is 56.9 Å². The zero-order valence-corrected chi connectivity index (χ0v) is 15.7. The van der Waals surface area contributed by atoms with Gasteiger partial charge >= 0.3 is 5.97 Å². The van der Waals surface area contributed by atoms with E-state index < -0.39 is 30.4 Å². The second-order valence-corrected chi connectivity index (χ2v) is 6.95. The summed E-state index contributed by atoms with van der Waals surface area (Å²) in [4.78, 5) is 10.4. The van der Waals surface area contributed by atoms with E-state index in [0.717, 1.165) is 19.3 Å². The Morgan fingerprint density at radius 2 is 1.96 bits per heavy atom. The number of rotatable bonds is 13. The molecule has 1 aliphatic heterocycles. The van der Waals surface area contributed by atoms with Gasteiger partial charge in [-0.05, 0) is 25.7 Å². The summed E-state index contributed by atoms with van der Waals surface area (Å²) in [6, 6.07) is 0. The monoisotopic (exact) mass is 370 g/mol. The lowest BCUT2D eigenvalue weighted by molar-refractivity contribution is -0.137. The summed E-state index contributed by atoms with van der Waals surface area (Å²) in [5.74, 6) is -0.798. The van der Waals surface area contributed by atoms with Gasteiger partial charge in [0.2, 0.25) is 0 Å². The van der Waals surface area contributed by atoms with E-state index in [9.17, 15) is 20.1 Å². The quantitative estimate of drug-likeness (QED) is 0.293. The molecule has 1 aliphatic rings.